The normalized spacial score (nSPS) is 13.3. The van der Waals surface area contributed by atoms with E-state index in [0.717, 1.165) is 28.1 Å². The van der Waals surface area contributed by atoms with E-state index in [2.05, 4.69) is 61.9 Å². The van der Waals surface area contributed by atoms with E-state index < -0.39 is 6.85 Å². The topological polar surface area (TPSA) is 3.88 Å². The van der Waals surface area contributed by atoms with Crippen LogP contribution in [-0.4, -0.2) is 0 Å². The van der Waals surface area contributed by atoms with Crippen LogP contribution in [0.5, 0.6) is 0 Å². The smallest absolute Gasteiger partial charge is 0.194 e. The van der Waals surface area contributed by atoms with E-state index >= 15 is 0 Å². The minimum atomic E-state index is -2.09. The Labute approximate surface area is 149 Å². The van der Waals surface area contributed by atoms with Gasteiger partial charge < -0.3 is 0 Å². The molecule has 122 valence electrons. The number of rotatable bonds is 2. The summed E-state index contributed by atoms with van der Waals surface area (Å²) in [6.45, 7) is 6.00. The molecule has 0 aliphatic heterocycles. The van der Waals surface area contributed by atoms with E-state index in [-0.39, 0.29) is 0 Å². The Kier molecular flexibility index (Phi) is 3.37. The molecule has 0 aliphatic carbocycles. The maximum absolute atomic E-state index is 7.76. The summed E-state index contributed by atoms with van der Waals surface area (Å²) in [5.74, 6) is 0. The van der Waals surface area contributed by atoms with Crippen LogP contribution in [0.2, 0.25) is 0 Å². The second-order valence-corrected chi connectivity index (χ2v) is 6.66. The van der Waals surface area contributed by atoms with E-state index in [1.807, 2.05) is 26.0 Å². The van der Waals surface area contributed by atoms with Crippen LogP contribution in [-0.2, 0) is 7.05 Å². The first kappa shape index (κ1) is 12.9. The van der Waals surface area contributed by atoms with Crippen molar-refractivity contribution in [1.29, 1.82) is 0 Å². The predicted octanol–water partition coefficient (Wildman–Crippen LogP) is 5.39. The van der Waals surface area contributed by atoms with Crippen LogP contribution in [0.25, 0.3) is 22.5 Å². The Hall–Kier alpha value is -2.41. The molecule has 3 aromatic rings. The standard InChI is InChI=1S/C23H26N/c1-15-11-22(20-10-8-7-9-16(20)2)24(6)23(12-15)21-14-18(4)17(3)13-19(21)5/h7-14H,1-6H3/q+1/i3D3. The first-order valence-corrected chi connectivity index (χ1v) is 8.28. The Morgan fingerprint density at radius 1 is 0.708 bits per heavy atom. The first-order chi connectivity index (χ1) is 12.6. The summed E-state index contributed by atoms with van der Waals surface area (Å²) in [5.41, 5.74) is 9.14. The van der Waals surface area contributed by atoms with Crippen molar-refractivity contribution in [3.05, 3.63) is 76.3 Å². The fourth-order valence-corrected chi connectivity index (χ4v) is 3.27. The molecule has 0 radical (unpaired) electrons. The molecule has 2 aromatic carbocycles. The number of nitrogens with zero attached hydrogens (tertiary/aromatic N) is 1. The average molecular weight is 319 g/mol. The Morgan fingerprint density at radius 2 is 1.38 bits per heavy atom. The van der Waals surface area contributed by atoms with Gasteiger partial charge in [-0.15, -0.1) is 0 Å². The molecule has 3 rings (SSSR count). The zero-order valence-corrected chi connectivity index (χ0v) is 15.1. The van der Waals surface area contributed by atoms with Gasteiger partial charge in [0.05, 0.1) is 0 Å². The maximum atomic E-state index is 7.76. The van der Waals surface area contributed by atoms with Crippen molar-refractivity contribution in [2.75, 3.05) is 0 Å². The Morgan fingerprint density at radius 3 is 2.04 bits per heavy atom. The number of benzene rings is 2. The van der Waals surface area contributed by atoms with Crippen LogP contribution in [0.15, 0.2) is 48.5 Å². The highest BCUT2D eigenvalue weighted by atomic mass is 14.9. The van der Waals surface area contributed by atoms with E-state index in [0.29, 0.717) is 5.56 Å². The lowest BCUT2D eigenvalue weighted by molar-refractivity contribution is -0.649. The minimum Gasteiger partial charge on any atom is -0.194 e. The fraction of sp³-hybridized carbons (Fsp3) is 0.261. The van der Waals surface area contributed by atoms with Gasteiger partial charge in [0.1, 0.15) is 7.05 Å². The van der Waals surface area contributed by atoms with Crippen molar-refractivity contribution >= 4 is 0 Å². The molecular formula is C23H26N+. The van der Waals surface area contributed by atoms with E-state index in [4.69, 9.17) is 4.11 Å². The molecule has 0 bridgehead atoms. The zero-order chi connectivity index (χ0) is 19.9. The van der Waals surface area contributed by atoms with Crippen molar-refractivity contribution in [2.24, 2.45) is 7.05 Å². The van der Waals surface area contributed by atoms with Crippen molar-refractivity contribution < 1.29 is 8.68 Å². The van der Waals surface area contributed by atoms with Crippen molar-refractivity contribution in [3.8, 4) is 22.5 Å². The maximum Gasteiger partial charge on any atom is 0.213 e. The summed E-state index contributed by atoms with van der Waals surface area (Å²) < 4.78 is 25.5. The fourth-order valence-electron chi connectivity index (χ4n) is 3.27. The van der Waals surface area contributed by atoms with Gasteiger partial charge in [-0.05, 0) is 74.5 Å². The van der Waals surface area contributed by atoms with Crippen molar-refractivity contribution in [1.82, 2.24) is 0 Å². The van der Waals surface area contributed by atoms with Gasteiger partial charge >= 0.3 is 0 Å². The third-order valence-electron chi connectivity index (χ3n) is 4.72. The van der Waals surface area contributed by atoms with E-state index in [1.165, 1.54) is 16.7 Å². The lowest BCUT2D eigenvalue weighted by atomic mass is 9.96. The van der Waals surface area contributed by atoms with Gasteiger partial charge in [0.15, 0.2) is 0 Å². The highest BCUT2D eigenvalue weighted by Crippen LogP contribution is 2.28. The summed E-state index contributed by atoms with van der Waals surface area (Å²) in [5, 5.41) is 0. The lowest BCUT2D eigenvalue weighted by Crippen LogP contribution is -2.34. The molecule has 24 heavy (non-hydrogen) atoms. The summed E-state index contributed by atoms with van der Waals surface area (Å²) in [4.78, 5) is 0. The quantitative estimate of drug-likeness (QED) is 0.558. The van der Waals surface area contributed by atoms with E-state index in [1.54, 1.807) is 0 Å². The van der Waals surface area contributed by atoms with Crippen LogP contribution < -0.4 is 4.57 Å². The van der Waals surface area contributed by atoms with Gasteiger partial charge in [0.25, 0.3) is 0 Å². The third-order valence-corrected chi connectivity index (χ3v) is 4.72. The molecule has 0 saturated heterocycles. The monoisotopic (exact) mass is 319 g/mol. The predicted molar refractivity (Wildman–Crippen MR) is 102 cm³/mol. The molecule has 1 nitrogen and oxygen atoms in total. The van der Waals surface area contributed by atoms with Gasteiger partial charge in [-0.2, -0.15) is 4.57 Å². The van der Waals surface area contributed by atoms with Gasteiger partial charge in [-0.25, -0.2) is 0 Å². The summed E-state index contributed by atoms with van der Waals surface area (Å²) in [6.07, 6.45) is 0. The molecule has 0 N–H and O–H groups in total. The lowest BCUT2D eigenvalue weighted by Gasteiger charge is -2.12. The van der Waals surface area contributed by atoms with Crippen molar-refractivity contribution in [3.63, 3.8) is 0 Å². The molecule has 0 saturated carbocycles. The average Bonchev–Trinajstić information content (AvgIpc) is 2.58. The molecule has 1 heteroatoms. The molecule has 0 spiro atoms. The Bertz CT molecular complexity index is 1020. The van der Waals surface area contributed by atoms with Crippen LogP contribution in [0.1, 0.15) is 31.9 Å². The molecule has 1 heterocycles. The summed E-state index contributed by atoms with van der Waals surface area (Å²) >= 11 is 0. The van der Waals surface area contributed by atoms with Gasteiger partial charge in [-0.1, -0.05) is 24.3 Å². The van der Waals surface area contributed by atoms with Crippen LogP contribution in [0, 0.1) is 34.5 Å². The van der Waals surface area contributed by atoms with Gasteiger partial charge in [-0.3, -0.25) is 0 Å². The summed E-state index contributed by atoms with van der Waals surface area (Å²) in [6, 6.07) is 16.6. The van der Waals surface area contributed by atoms with Gasteiger partial charge in [0.2, 0.25) is 11.4 Å². The van der Waals surface area contributed by atoms with Crippen LogP contribution >= 0.6 is 0 Å². The molecule has 0 fully saturated rings. The second kappa shape index (κ2) is 6.24. The molecule has 0 amide bonds. The number of aryl methyl sites for hydroxylation is 5. The number of aromatic nitrogens is 1. The van der Waals surface area contributed by atoms with Crippen molar-refractivity contribution in [2.45, 2.75) is 34.5 Å². The summed E-state index contributed by atoms with van der Waals surface area (Å²) in [7, 11) is 2.07. The highest BCUT2D eigenvalue weighted by molar-refractivity contribution is 5.67. The number of pyridine rings is 1. The largest absolute Gasteiger partial charge is 0.213 e. The van der Waals surface area contributed by atoms with Crippen LogP contribution in [0.3, 0.4) is 0 Å². The first-order valence-electron chi connectivity index (χ1n) is 9.78. The Balaban J connectivity index is 2.25. The SMILES string of the molecule is [2H]C([2H])([2H])c1cc(C)c(-c2cc(C)cc(-c3ccccc3C)[n+]2C)cc1C. The molecule has 0 unspecified atom stereocenters. The zero-order valence-electron chi connectivity index (χ0n) is 18.1. The second-order valence-electron chi connectivity index (χ2n) is 6.66. The third kappa shape index (κ3) is 2.87. The van der Waals surface area contributed by atoms with E-state index in [9.17, 15) is 0 Å². The highest BCUT2D eigenvalue weighted by Gasteiger charge is 2.20. The molecule has 0 aliphatic rings. The minimum absolute atomic E-state index is 0.429. The molecule has 1 aromatic heterocycles. The number of hydrogen-bond acceptors (Lipinski definition) is 0. The number of hydrogen-bond donors (Lipinski definition) is 0. The van der Waals surface area contributed by atoms with Gasteiger partial charge in [0, 0.05) is 27.4 Å². The molecule has 0 atom stereocenters. The molecular weight excluding hydrogens is 290 g/mol. The van der Waals surface area contributed by atoms with Crippen LogP contribution in [0.4, 0.5) is 0 Å².